The summed E-state index contributed by atoms with van der Waals surface area (Å²) >= 11 is 7.20. The van der Waals surface area contributed by atoms with Crippen LogP contribution in [0.1, 0.15) is 55.3 Å². The summed E-state index contributed by atoms with van der Waals surface area (Å²) in [5.41, 5.74) is 2.86. The van der Waals surface area contributed by atoms with E-state index in [9.17, 15) is 9.18 Å². The third-order valence-electron chi connectivity index (χ3n) is 8.46. The Balaban J connectivity index is 1.09. The molecule has 0 radical (unpaired) electrons. The molecule has 0 atom stereocenters. The molecule has 4 bridgehead atoms. The summed E-state index contributed by atoms with van der Waals surface area (Å²) in [5.74, 6) is 3.59. The number of rotatable bonds is 5. The van der Waals surface area contributed by atoms with Crippen molar-refractivity contribution in [2.75, 3.05) is 18.4 Å². The number of thioether (sulfide) groups is 1. The van der Waals surface area contributed by atoms with E-state index in [0.717, 1.165) is 59.6 Å². The highest BCUT2D eigenvalue weighted by Crippen LogP contribution is 2.60. The summed E-state index contributed by atoms with van der Waals surface area (Å²) < 4.78 is 14.0. The number of halogens is 2. The van der Waals surface area contributed by atoms with Crippen LogP contribution in [0.25, 0.3) is 0 Å². The molecule has 1 aromatic heterocycles. The summed E-state index contributed by atoms with van der Waals surface area (Å²) in [5, 5.41) is 3.99. The molecule has 4 saturated carbocycles. The van der Waals surface area contributed by atoms with Crippen molar-refractivity contribution in [2.45, 2.75) is 57.2 Å². The average molecular weight is 501 g/mol. The Kier molecular flexibility index (Phi) is 5.96. The Morgan fingerprint density at radius 1 is 1.18 bits per heavy atom. The largest absolute Gasteiger partial charge is 0.369 e. The van der Waals surface area contributed by atoms with Crippen molar-refractivity contribution in [3.63, 3.8) is 0 Å². The summed E-state index contributed by atoms with van der Waals surface area (Å²) in [4.78, 5) is 23.7. The van der Waals surface area contributed by atoms with Crippen LogP contribution in [0.2, 0.25) is 5.02 Å². The normalized spacial score (nSPS) is 29.2. The zero-order valence-corrected chi connectivity index (χ0v) is 20.8. The molecule has 4 fully saturated rings. The molecule has 1 amide bonds. The van der Waals surface area contributed by atoms with Gasteiger partial charge >= 0.3 is 0 Å². The van der Waals surface area contributed by atoms with Crippen molar-refractivity contribution in [2.24, 2.45) is 23.2 Å². The Morgan fingerprint density at radius 2 is 1.91 bits per heavy atom. The molecule has 0 spiro atoms. The molecule has 180 valence electrons. The van der Waals surface area contributed by atoms with Crippen LogP contribution in [-0.2, 0) is 18.7 Å². The molecule has 1 aliphatic heterocycles. The lowest BCUT2D eigenvalue weighted by Crippen LogP contribution is -2.49. The number of nitrogens with zero attached hydrogens (tertiary/aromatic N) is 3. The van der Waals surface area contributed by atoms with Crippen molar-refractivity contribution < 1.29 is 9.18 Å². The second-order valence-corrected chi connectivity index (χ2v) is 12.2. The predicted molar refractivity (Wildman–Crippen MR) is 133 cm³/mol. The first-order valence-electron chi connectivity index (χ1n) is 12.4. The van der Waals surface area contributed by atoms with E-state index in [2.05, 4.69) is 15.3 Å². The van der Waals surface area contributed by atoms with E-state index >= 15 is 0 Å². The van der Waals surface area contributed by atoms with E-state index in [1.165, 1.54) is 44.6 Å². The molecule has 0 saturated heterocycles. The van der Waals surface area contributed by atoms with Crippen molar-refractivity contribution in [3.8, 4) is 0 Å². The molecular weight excluding hydrogens is 471 g/mol. The molecule has 7 rings (SSSR count). The van der Waals surface area contributed by atoms with Gasteiger partial charge in [-0.15, -0.1) is 0 Å². The van der Waals surface area contributed by atoms with Crippen LogP contribution in [0, 0.1) is 29.0 Å². The highest BCUT2D eigenvalue weighted by Gasteiger charge is 2.50. The van der Waals surface area contributed by atoms with Gasteiger partial charge in [0.25, 0.3) is 5.24 Å². The standard InChI is InChI=1S/C26H30ClFN4OS/c27-21-2-1-3-22(28)20(21)13-34-25(33)32-5-4-19-23(12-32)30-15-31-24(19)29-14-26-9-16-6-17(10-26)8-18(7-16)11-26/h1-3,15-18H,4-14H2,(H,29,30,31). The maximum atomic E-state index is 14.0. The maximum absolute atomic E-state index is 14.0. The summed E-state index contributed by atoms with van der Waals surface area (Å²) in [6.07, 6.45) is 10.8. The fourth-order valence-corrected chi connectivity index (χ4v) is 8.54. The lowest BCUT2D eigenvalue weighted by Gasteiger charge is -2.57. The van der Waals surface area contributed by atoms with Crippen molar-refractivity contribution in [3.05, 3.63) is 52.2 Å². The number of nitrogens with one attached hydrogen (secondary N) is 1. The van der Waals surface area contributed by atoms with Gasteiger partial charge in [-0.25, -0.2) is 14.4 Å². The van der Waals surface area contributed by atoms with Crippen LogP contribution in [0.5, 0.6) is 0 Å². The maximum Gasteiger partial charge on any atom is 0.282 e. The monoisotopic (exact) mass is 500 g/mol. The van der Waals surface area contributed by atoms with Gasteiger partial charge in [0, 0.05) is 35.0 Å². The first-order valence-corrected chi connectivity index (χ1v) is 13.8. The predicted octanol–water partition coefficient (Wildman–Crippen LogP) is 6.31. The van der Waals surface area contributed by atoms with E-state index in [1.807, 2.05) is 0 Å². The fraction of sp³-hybridized carbons (Fsp3) is 0.577. The summed E-state index contributed by atoms with van der Waals surface area (Å²) in [6, 6.07) is 4.60. The lowest BCUT2D eigenvalue weighted by atomic mass is 9.49. The van der Waals surface area contributed by atoms with Gasteiger partial charge in [-0.05, 0) is 80.2 Å². The van der Waals surface area contributed by atoms with Crippen molar-refractivity contribution in [1.82, 2.24) is 14.9 Å². The number of aromatic nitrogens is 2. The van der Waals surface area contributed by atoms with E-state index < -0.39 is 0 Å². The second-order valence-electron chi connectivity index (χ2n) is 10.8. The summed E-state index contributed by atoms with van der Waals surface area (Å²) in [6.45, 7) is 2.08. The number of carbonyl (C=O) groups is 1. The highest BCUT2D eigenvalue weighted by atomic mass is 35.5. The Bertz CT molecular complexity index is 1060. The first kappa shape index (κ1) is 22.6. The van der Waals surface area contributed by atoms with Crippen molar-refractivity contribution in [1.29, 1.82) is 0 Å². The quantitative estimate of drug-likeness (QED) is 0.521. The van der Waals surface area contributed by atoms with E-state index in [1.54, 1.807) is 23.4 Å². The van der Waals surface area contributed by atoms with Crippen molar-refractivity contribution >= 4 is 34.4 Å². The molecule has 5 aliphatic rings. The van der Waals surface area contributed by atoms with Gasteiger partial charge in [-0.2, -0.15) is 0 Å². The zero-order valence-electron chi connectivity index (χ0n) is 19.2. The molecule has 2 heterocycles. The Morgan fingerprint density at radius 3 is 2.62 bits per heavy atom. The number of benzene rings is 1. The van der Waals surface area contributed by atoms with E-state index in [0.29, 0.717) is 29.1 Å². The van der Waals surface area contributed by atoms with Gasteiger partial charge in [0.1, 0.15) is 18.0 Å². The highest BCUT2D eigenvalue weighted by molar-refractivity contribution is 8.12. The first-order chi connectivity index (χ1) is 16.5. The van der Waals surface area contributed by atoms with Crippen LogP contribution in [-0.4, -0.2) is 33.2 Å². The molecule has 5 nitrogen and oxygen atoms in total. The van der Waals surface area contributed by atoms with Gasteiger partial charge in [-0.1, -0.05) is 29.4 Å². The molecule has 0 unspecified atom stereocenters. The Hall–Kier alpha value is -1.86. The fourth-order valence-electron chi connectivity index (χ4n) is 7.34. The van der Waals surface area contributed by atoms with Gasteiger partial charge in [-0.3, -0.25) is 4.79 Å². The molecule has 1 aromatic carbocycles. The molecule has 4 aliphatic carbocycles. The number of fused-ring (bicyclic) bond motifs is 1. The van der Waals surface area contributed by atoms with Gasteiger partial charge in [0.2, 0.25) is 0 Å². The van der Waals surface area contributed by atoms with Gasteiger partial charge < -0.3 is 10.2 Å². The molecule has 1 N–H and O–H groups in total. The number of anilines is 1. The van der Waals surface area contributed by atoms with E-state index in [4.69, 9.17) is 11.6 Å². The molecule has 34 heavy (non-hydrogen) atoms. The molecular formula is C26H30ClFN4OS. The van der Waals surface area contributed by atoms with Gasteiger partial charge in [0.15, 0.2) is 0 Å². The zero-order chi connectivity index (χ0) is 23.3. The molecule has 8 heteroatoms. The number of hydrogen-bond donors (Lipinski definition) is 1. The summed E-state index contributed by atoms with van der Waals surface area (Å²) in [7, 11) is 0. The number of amides is 1. The molecule has 2 aromatic rings. The van der Waals surface area contributed by atoms with E-state index in [-0.39, 0.29) is 16.8 Å². The number of carbonyl (C=O) groups excluding carboxylic acids is 1. The third kappa shape index (κ3) is 4.30. The van der Waals surface area contributed by atoms with Gasteiger partial charge in [0.05, 0.1) is 12.2 Å². The van der Waals surface area contributed by atoms with Crippen LogP contribution in [0.15, 0.2) is 24.5 Å². The van der Waals surface area contributed by atoms with Crippen LogP contribution >= 0.6 is 23.4 Å². The SMILES string of the molecule is O=C(SCc1c(F)cccc1Cl)N1CCc2c(ncnc2NCC23CC4CC(CC(C4)C2)C3)C1. The van der Waals surface area contributed by atoms with Crippen LogP contribution in [0.4, 0.5) is 15.0 Å². The third-order valence-corrected chi connectivity index (χ3v) is 9.75. The second kappa shape index (κ2) is 8.98. The van der Waals surface area contributed by atoms with Crippen LogP contribution < -0.4 is 5.32 Å². The minimum atomic E-state index is -0.376. The number of hydrogen-bond acceptors (Lipinski definition) is 5. The lowest BCUT2D eigenvalue weighted by molar-refractivity contribution is -0.0444. The van der Waals surface area contributed by atoms with Crippen LogP contribution in [0.3, 0.4) is 0 Å². The average Bonchev–Trinajstić information content (AvgIpc) is 2.81. The minimum absolute atomic E-state index is 0.0772. The minimum Gasteiger partial charge on any atom is -0.369 e. The Labute approximate surface area is 209 Å². The topological polar surface area (TPSA) is 58.1 Å². The smallest absolute Gasteiger partial charge is 0.282 e.